The van der Waals surface area contributed by atoms with Crippen LogP contribution >= 0.6 is 0 Å². The molecular formula is C30H34. The van der Waals surface area contributed by atoms with E-state index in [9.17, 15) is 0 Å². The van der Waals surface area contributed by atoms with E-state index >= 15 is 0 Å². The molecule has 0 bridgehead atoms. The zero-order valence-corrected chi connectivity index (χ0v) is 18.4. The van der Waals surface area contributed by atoms with E-state index in [4.69, 9.17) is 0 Å². The van der Waals surface area contributed by atoms with E-state index < -0.39 is 0 Å². The van der Waals surface area contributed by atoms with Crippen molar-refractivity contribution in [1.29, 1.82) is 0 Å². The van der Waals surface area contributed by atoms with Crippen molar-refractivity contribution >= 4 is 11.1 Å². The van der Waals surface area contributed by atoms with Gasteiger partial charge in [-0.25, -0.2) is 0 Å². The Hall–Kier alpha value is -2.08. The molecule has 0 N–H and O–H groups in total. The van der Waals surface area contributed by atoms with Gasteiger partial charge in [0.15, 0.2) is 0 Å². The van der Waals surface area contributed by atoms with Crippen LogP contribution in [0.4, 0.5) is 0 Å². The van der Waals surface area contributed by atoms with Gasteiger partial charge in [0.25, 0.3) is 0 Å². The van der Waals surface area contributed by atoms with Gasteiger partial charge in [-0.2, -0.15) is 0 Å². The van der Waals surface area contributed by atoms with Crippen LogP contribution in [0.5, 0.6) is 0 Å². The molecule has 30 heavy (non-hydrogen) atoms. The van der Waals surface area contributed by atoms with Gasteiger partial charge in [0.2, 0.25) is 0 Å². The molecule has 0 aliphatic heterocycles. The first-order valence-corrected chi connectivity index (χ1v) is 12.4. The SMILES string of the molecule is C=C1CCc2c1ccc1c2-c2c(ccc3c2CCC3=C)C1CCC1CCCCCC1. The second-order valence-electron chi connectivity index (χ2n) is 10.3. The second kappa shape index (κ2) is 7.26. The maximum Gasteiger partial charge on any atom is 0.0102 e. The molecule has 154 valence electrons. The van der Waals surface area contributed by atoms with Gasteiger partial charge >= 0.3 is 0 Å². The van der Waals surface area contributed by atoms with Crippen molar-refractivity contribution in [2.24, 2.45) is 5.92 Å². The minimum absolute atomic E-state index is 0.594. The largest absolute Gasteiger partial charge is 0.0952 e. The monoisotopic (exact) mass is 394 g/mol. The lowest BCUT2D eigenvalue weighted by Crippen LogP contribution is -2.04. The van der Waals surface area contributed by atoms with Crippen molar-refractivity contribution < 1.29 is 0 Å². The summed E-state index contributed by atoms with van der Waals surface area (Å²) in [7, 11) is 0. The van der Waals surface area contributed by atoms with E-state index in [1.165, 1.54) is 86.5 Å². The van der Waals surface area contributed by atoms with E-state index in [0.717, 1.165) is 18.8 Å². The summed E-state index contributed by atoms with van der Waals surface area (Å²) < 4.78 is 0. The van der Waals surface area contributed by atoms with Crippen LogP contribution in [0.2, 0.25) is 0 Å². The van der Waals surface area contributed by atoms with Gasteiger partial charge in [-0.15, -0.1) is 0 Å². The van der Waals surface area contributed by atoms with Gasteiger partial charge in [-0.1, -0.05) is 75.9 Å². The highest BCUT2D eigenvalue weighted by atomic mass is 14.4. The van der Waals surface area contributed by atoms with E-state index in [1.807, 2.05) is 0 Å². The van der Waals surface area contributed by atoms with Gasteiger partial charge < -0.3 is 0 Å². The number of hydrogen-bond acceptors (Lipinski definition) is 0. The fourth-order valence-corrected chi connectivity index (χ4v) is 7.04. The Balaban J connectivity index is 1.44. The number of rotatable bonds is 3. The molecule has 0 atom stereocenters. The molecule has 1 saturated carbocycles. The molecule has 4 aliphatic carbocycles. The molecule has 0 spiro atoms. The van der Waals surface area contributed by atoms with Crippen LogP contribution in [0.1, 0.15) is 104 Å². The molecule has 2 aromatic carbocycles. The quantitative estimate of drug-likeness (QED) is 0.458. The third kappa shape index (κ3) is 2.79. The van der Waals surface area contributed by atoms with E-state index in [1.54, 1.807) is 33.4 Å². The van der Waals surface area contributed by atoms with E-state index in [0.29, 0.717) is 5.92 Å². The topological polar surface area (TPSA) is 0 Å². The molecule has 4 aliphatic rings. The Bertz CT molecular complexity index is 969. The van der Waals surface area contributed by atoms with Crippen LogP contribution in [-0.2, 0) is 12.8 Å². The molecule has 0 radical (unpaired) electrons. The fourth-order valence-electron chi connectivity index (χ4n) is 7.04. The first-order chi connectivity index (χ1) is 14.7. The van der Waals surface area contributed by atoms with E-state index in [-0.39, 0.29) is 0 Å². The standard InChI is InChI=1S/C30H34/c1-19-9-12-25-22(19)15-17-27-24(14-11-21-7-5-3-4-6-8-21)28-18-16-23-20(2)10-13-26(23)30(28)29(25)27/h15-18,21,24H,1-14H2. The van der Waals surface area contributed by atoms with Crippen molar-refractivity contribution in [3.63, 3.8) is 0 Å². The minimum Gasteiger partial charge on any atom is -0.0952 e. The zero-order valence-electron chi connectivity index (χ0n) is 18.4. The first kappa shape index (κ1) is 18.7. The van der Waals surface area contributed by atoms with Crippen molar-refractivity contribution in [2.75, 3.05) is 0 Å². The molecular weight excluding hydrogens is 360 g/mol. The van der Waals surface area contributed by atoms with E-state index in [2.05, 4.69) is 37.4 Å². The maximum absolute atomic E-state index is 4.37. The molecule has 0 aromatic heterocycles. The highest BCUT2D eigenvalue weighted by Crippen LogP contribution is 2.55. The fraction of sp³-hybridized carbons (Fsp3) is 0.467. The van der Waals surface area contributed by atoms with Crippen LogP contribution in [0, 0.1) is 5.92 Å². The Morgan fingerprint density at radius 3 is 1.70 bits per heavy atom. The Labute approximate surface area is 182 Å². The normalized spacial score (nSPS) is 20.8. The molecule has 0 nitrogen and oxygen atoms in total. The molecule has 6 rings (SSSR count). The number of fused-ring (bicyclic) bond motifs is 7. The number of allylic oxidation sites excluding steroid dienone is 2. The smallest absolute Gasteiger partial charge is 0.0102 e. The first-order valence-electron chi connectivity index (χ1n) is 12.4. The molecule has 0 saturated heterocycles. The molecule has 0 amide bonds. The zero-order chi connectivity index (χ0) is 20.2. The van der Waals surface area contributed by atoms with Crippen LogP contribution in [0.15, 0.2) is 37.4 Å². The summed E-state index contributed by atoms with van der Waals surface area (Å²) in [4.78, 5) is 0. The average Bonchev–Trinajstić information content (AvgIpc) is 3.33. The molecule has 0 heterocycles. The second-order valence-corrected chi connectivity index (χ2v) is 10.3. The lowest BCUT2D eigenvalue weighted by molar-refractivity contribution is 0.407. The van der Waals surface area contributed by atoms with Gasteiger partial charge in [0.05, 0.1) is 0 Å². The predicted octanol–water partition coefficient (Wildman–Crippen LogP) is 8.47. The lowest BCUT2D eigenvalue weighted by atomic mass is 9.85. The van der Waals surface area contributed by atoms with Crippen molar-refractivity contribution in [1.82, 2.24) is 0 Å². The summed E-state index contributed by atoms with van der Waals surface area (Å²) in [6, 6.07) is 9.73. The summed E-state index contributed by atoms with van der Waals surface area (Å²) in [5.41, 5.74) is 15.2. The third-order valence-electron chi connectivity index (χ3n) is 8.64. The predicted molar refractivity (Wildman–Crippen MR) is 129 cm³/mol. The van der Waals surface area contributed by atoms with Crippen LogP contribution < -0.4 is 0 Å². The number of benzene rings is 2. The Morgan fingerprint density at radius 2 is 1.17 bits per heavy atom. The maximum atomic E-state index is 4.37. The highest BCUT2D eigenvalue weighted by molar-refractivity contribution is 5.92. The Morgan fingerprint density at radius 1 is 0.633 bits per heavy atom. The van der Waals surface area contributed by atoms with Crippen molar-refractivity contribution in [3.05, 3.63) is 70.8 Å². The van der Waals surface area contributed by atoms with Crippen molar-refractivity contribution in [2.45, 2.75) is 83.0 Å². The molecule has 0 unspecified atom stereocenters. The van der Waals surface area contributed by atoms with Gasteiger partial charge in [-0.3, -0.25) is 0 Å². The van der Waals surface area contributed by atoms with Crippen molar-refractivity contribution in [3.8, 4) is 11.1 Å². The van der Waals surface area contributed by atoms with Crippen LogP contribution in [-0.4, -0.2) is 0 Å². The van der Waals surface area contributed by atoms with Gasteiger partial charge in [0.1, 0.15) is 0 Å². The van der Waals surface area contributed by atoms with Gasteiger partial charge in [-0.05, 0) is 100 Å². The highest BCUT2D eigenvalue weighted by Gasteiger charge is 2.36. The van der Waals surface area contributed by atoms with Crippen LogP contribution in [0.3, 0.4) is 0 Å². The van der Waals surface area contributed by atoms with Gasteiger partial charge in [0, 0.05) is 5.92 Å². The summed E-state index contributed by atoms with van der Waals surface area (Å²) in [6.07, 6.45) is 16.1. The number of hydrogen-bond donors (Lipinski definition) is 0. The summed E-state index contributed by atoms with van der Waals surface area (Å²) in [5.74, 6) is 1.54. The average molecular weight is 395 g/mol. The third-order valence-corrected chi connectivity index (χ3v) is 8.64. The summed E-state index contributed by atoms with van der Waals surface area (Å²) in [5, 5.41) is 0. The summed E-state index contributed by atoms with van der Waals surface area (Å²) >= 11 is 0. The molecule has 2 aromatic rings. The summed E-state index contributed by atoms with van der Waals surface area (Å²) in [6.45, 7) is 8.75. The van der Waals surface area contributed by atoms with Crippen LogP contribution in [0.25, 0.3) is 22.3 Å². The minimum atomic E-state index is 0.594. The molecule has 1 fully saturated rings. The lowest BCUT2D eigenvalue weighted by Gasteiger charge is -2.19. The Kier molecular flexibility index (Phi) is 4.52. The molecule has 0 heteroatoms.